The number of hydrogen-bond donors (Lipinski definition) is 2. The lowest BCUT2D eigenvalue weighted by molar-refractivity contribution is -0.131. The Kier molecular flexibility index (Phi) is 5.48. The Labute approximate surface area is 155 Å². The summed E-state index contributed by atoms with van der Waals surface area (Å²) in [6.45, 7) is 12.4. The van der Waals surface area contributed by atoms with Gasteiger partial charge in [-0.3, -0.25) is 4.79 Å². The first kappa shape index (κ1) is 20.4. The van der Waals surface area contributed by atoms with Crippen molar-refractivity contribution >= 4 is 11.8 Å². The van der Waals surface area contributed by atoms with E-state index in [1.54, 1.807) is 0 Å². The highest BCUT2D eigenvalue weighted by molar-refractivity contribution is 5.98. The van der Waals surface area contributed by atoms with Gasteiger partial charge in [0.05, 0.1) is 6.10 Å². The highest BCUT2D eigenvalue weighted by atomic mass is 16.4. The lowest BCUT2D eigenvalue weighted by atomic mass is 9.62. The maximum atomic E-state index is 12.8. The molecule has 1 atom stereocenters. The van der Waals surface area contributed by atoms with Crippen molar-refractivity contribution in [1.29, 1.82) is 0 Å². The molecule has 0 heterocycles. The number of aliphatic hydroxyl groups is 1. The van der Waals surface area contributed by atoms with E-state index in [1.807, 2.05) is 13.0 Å². The second-order valence-electron chi connectivity index (χ2n) is 8.85. The van der Waals surface area contributed by atoms with E-state index in [2.05, 4.69) is 33.8 Å². The fourth-order valence-corrected chi connectivity index (χ4v) is 3.76. The van der Waals surface area contributed by atoms with Crippen LogP contribution in [-0.4, -0.2) is 28.1 Å². The van der Waals surface area contributed by atoms with Crippen molar-refractivity contribution in [3.8, 4) is 0 Å². The molecule has 0 fully saturated rings. The van der Waals surface area contributed by atoms with Crippen LogP contribution < -0.4 is 0 Å². The predicted molar refractivity (Wildman–Crippen MR) is 103 cm³/mol. The fraction of sp³-hybridized carbons (Fsp3) is 0.545. The number of aliphatic carboxylic acids is 1. The van der Waals surface area contributed by atoms with Gasteiger partial charge in [0.2, 0.25) is 0 Å². The number of carbonyl (C=O) groups excluding carboxylic acids is 1. The zero-order valence-corrected chi connectivity index (χ0v) is 16.6. The molecule has 1 aliphatic carbocycles. The molecule has 2 rings (SSSR count). The summed E-state index contributed by atoms with van der Waals surface area (Å²) in [5.74, 6) is -1.28. The summed E-state index contributed by atoms with van der Waals surface area (Å²) in [6.07, 6.45) is 1.92. The standard InChI is InChI=1S/C22H30O4/c1-13-9-16-17(22(5,6)8-7-21(16,3)4)11-15(13)19(24)12-18(23)14(2)10-20(25)26/h9-11,18,23H,7-8,12H2,1-6H3,(H,25,26)/b14-10+. The minimum atomic E-state index is -1.12. The SMILES string of the molecule is C/C(=C\C(=O)O)C(O)CC(=O)c1cc2c(cc1C)C(C)(C)CCC2(C)C. The maximum absolute atomic E-state index is 12.8. The Morgan fingerprint density at radius 1 is 1.12 bits per heavy atom. The molecule has 1 unspecified atom stereocenters. The third kappa shape index (κ3) is 4.07. The van der Waals surface area contributed by atoms with Crippen molar-refractivity contribution in [2.45, 2.75) is 77.7 Å². The second kappa shape index (κ2) is 6.99. The molecular formula is C22H30O4. The molecule has 0 saturated heterocycles. The van der Waals surface area contributed by atoms with Crippen LogP contribution >= 0.6 is 0 Å². The van der Waals surface area contributed by atoms with E-state index in [0.717, 1.165) is 24.5 Å². The van der Waals surface area contributed by atoms with Crippen LogP contribution in [0.25, 0.3) is 0 Å². The average molecular weight is 358 g/mol. The minimum Gasteiger partial charge on any atom is -0.478 e. The van der Waals surface area contributed by atoms with Crippen LogP contribution in [-0.2, 0) is 15.6 Å². The minimum absolute atomic E-state index is 0.00528. The van der Waals surface area contributed by atoms with Crippen LogP contribution in [0.5, 0.6) is 0 Å². The number of carboxylic acid groups (broad SMARTS) is 1. The van der Waals surface area contributed by atoms with E-state index in [0.29, 0.717) is 5.56 Å². The third-order valence-electron chi connectivity index (χ3n) is 5.75. The fourth-order valence-electron chi connectivity index (χ4n) is 3.76. The van der Waals surface area contributed by atoms with Crippen LogP contribution in [0.15, 0.2) is 23.8 Å². The van der Waals surface area contributed by atoms with Crippen molar-refractivity contribution in [1.82, 2.24) is 0 Å². The normalized spacial score (nSPS) is 19.6. The molecule has 0 amide bonds. The van der Waals surface area contributed by atoms with E-state index >= 15 is 0 Å². The lowest BCUT2D eigenvalue weighted by Gasteiger charge is -2.42. The molecular weight excluding hydrogens is 328 g/mol. The zero-order chi connectivity index (χ0) is 19.9. The van der Waals surface area contributed by atoms with Gasteiger partial charge < -0.3 is 10.2 Å². The summed E-state index contributed by atoms with van der Waals surface area (Å²) in [5.41, 5.74) is 4.40. The number of aryl methyl sites for hydroxylation is 1. The van der Waals surface area contributed by atoms with Gasteiger partial charge in [-0.2, -0.15) is 0 Å². The molecule has 1 aromatic rings. The maximum Gasteiger partial charge on any atom is 0.328 e. The number of Topliss-reactive ketones (excluding diaryl/α,β-unsaturated/α-hetero) is 1. The zero-order valence-electron chi connectivity index (χ0n) is 16.6. The molecule has 0 saturated carbocycles. The Morgan fingerprint density at radius 3 is 2.12 bits per heavy atom. The Balaban J connectivity index is 2.39. The van der Waals surface area contributed by atoms with Crippen LogP contribution in [0.1, 0.15) is 80.9 Å². The highest BCUT2D eigenvalue weighted by Gasteiger charge is 2.37. The van der Waals surface area contributed by atoms with Gasteiger partial charge in [-0.1, -0.05) is 33.8 Å². The monoisotopic (exact) mass is 358 g/mol. The number of benzene rings is 1. The number of rotatable bonds is 5. The van der Waals surface area contributed by atoms with Crippen molar-refractivity contribution in [2.75, 3.05) is 0 Å². The average Bonchev–Trinajstić information content (AvgIpc) is 2.50. The van der Waals surface area contributed by atoms with E-state index < -0.39 is 12.1 Å². The molecule has 142 valence electrons. The van der Waals surface area contributed by atoms with Gasteiger partial charge in [0.1, 0.15) is 0 Å². The van der Waals surface area contributed by atoms with E-state index in [4.69, 9.17) is 5.11 Å². The molecule has 2 N–H and O–H groups in total. The summed E-state index contributed by atoms with van der Waals surface area (Å²) in [4.78, 5) is 23.5. The van der Waals surface area contributed by atoms with Gasteiger partial charge in [0.25, 0.3) is 0 Å². The van der Waals surface area contributed by atoms with Crippen molar-refractivity contribution in [3.63, 3.8) is 0 Å². The molecule has 4 heteroatoms. The summed E-state index contributed by atoms with van der Waals surface area (Å²) in [5, 5.41) is 19.0. The largest absolute Gasteiger partial charge is 0.478 e. The first-order valence-corrected chi connectivity index (χ1v) is 9.13. The summed E-state index contributed by atoms with van der Waals surface area (Å²) in [7, 11) is 0. The molecule has 26 heavy (non-hydrogen) atoms. The molecule has 1 aromatic carbocycles. The smallest absolute Gasteiger partial charge is 0.328 e. The van der Waals surface area contributed by atoms with Gasteiger partial charge >= 0.3 is 5.97 Å². The first-order valence-electron chi connectivity index (χ1n) is 9.13. The van der Waals surface area contributed by atoms with Crippen LogP contribution in [0.2, 0.25) is 0 Å². The van der Waals surface area contributed by atoms with Gasteiger partial charge in [0.15, 0.2) is 5.78 Å². The highest BCUT2D eigenvalue weighted by Crippen LogP contribution is 2.46. The molecule has 1 aliphatic rings. The van der Waals surface area contributed by atoms with Crippen LogP contribution in [0.3, 0.4) is 0 Å². The number of carboxylic acids is 1. The van der Waals surface area contributed by atoms with Crippen LogP contribution in [0, 0.1) is 6.92 Å². The van der Waals surface area contributed by atoms with Crippen molar-refractivity contribution in [2.24, 2.45) is 0 Å². The molecule has 0 spiro atoms. The summed E-state index contributed by atoms with van der Waals surface area (Å²) < 4.78 is 0. The van der Waals surface area contributed by atoms with Crippen molar-refractivity contribution in [3.05, 3.63) is 46.0 Å². The second-order valence-corrected chi connectivity index (χ2v) is 8.85. The molecule has 0 radical (unpaired) electrons. The van der Waals surface area contributed by atoms with Crippen LogP contribution in [0.4, 0.5) is 0 Å². The number of ketones is 1. The first-order chi connectivity index (χ1) is 11.8. The molecule has 0 bridgehead atoms. The summed E-state index contributed by atoms with van der Waals surface area (Å²) in [6, 6.07) is 4.12. The molecule has 0 aromatic heterocycles. The predicted octanol–water partition coefficient (Wildman–Crippen LogP) is 4.31. The van der Waals surface area contributed by atoms with E-state index in [1.165, 1.54) is 18.1 Å². The van der Waals surface area contributed by atoms with Gasteiger partial charge in [-0.25, -0.2) is 4.79 Å². The topological polar surface area (TPSA) is 74.6 Å². The number of carbonyl (C=O) groups is 2. The van der Waals surface area contributed by atoms with Crippen molar-refractivity contribution < 1.29 is 19.8 Å². The Hall–Kier alpha value is -1.94. The van der Waals surface area contributed by atoms with Gasteiger partial charge in [0, 0.05) is 18.1 Å². The Bertz CT molecular complexity index is 769. The molecule has 0 aliphatic heterocycles. The van der Waals surface area contributed by atoms with E-state index in [9.17, 15) is 14.7 Å². The molecule has 4 nitrogen and oxygen atoms in total. The third-order valence-corrected chi connectivity index (χ3v) is 5.75. The quantitative estimate of drug-likeness (QED) is 0.607. The summed E-state index contributed by atoms with van der Waals surface area (Å²) >= 11 is 0. The number of hydrogen-bond acceptors (Lipinski definition) is 3. The van der Waals surface area contributed by atoms with Gasteiger partial charge in [-0.15, -0.1) is 0 Å². The van der Waals surface area contributed by atoms with Gasteiger partial charge in [-0.05, 0) is 65.8 Å². The Morgan fingerprint density at radius 2 is 1.62 bits per heavy atom. The number of fused-ring (bicyclic) bond motifs is 1. The lowest BCUT2D eigenvalue weighted by Crippen LogP contribution is -2.34. The van der Waals surface area contributed by atoms with E-state index in [-0.39, 0.29) is 28.6 Å². The number of aliphatic hydroxyl groups excluding tert-OH is 1.